The molecule has 186 valence electrons. The number of anilines is 4. The van der Waals surface area contributed by atoms with E-state index in [9.17, 15) is 18.0 Å². The molecule has 3 N–H and O–H groups in total. The van der Waals surface area contributed by atoms with Crippen molar-refractivity contribution in [3.05, 3.63) is 60.2 Å². The summed E-state index contributed by atoms with van der Waals surface area (Å²) in [6.45, 7) is -2.81. The first-order valence-electron chi connectivity index (χ1n) is 11.6. The van der Waals surface area contributed by atoms with Gasteiger partial charge in [-0.15, -0.1) is 0 Å². The molecule has 0 radical (unpaired) electrons. The number of rotatable bonds is 7. The van der Waals surface area contributed by atoms with Crippen LogP contribution in [-0.4, -0.2) is 49.7 Å². The molecular weight excluding hydrogens is 479 g/mol. The summed E-state index contributed by atoms with van der Waals surface area (Å²) in [6.07, 6.45) is -2.16. The molecule has 4 rings (SSSR count). The van der Waals surface area contributed by atoms with Gasteiger partial charge in [0.25, 0.3) is 5.91 Å². The number of amides is 1. The number of alkyl halides is 3. The predicted molar refractivity (Wildman–Crippen MR) is 124 cm³/mol. The zero-order valence-electron chi connectivity index (χ0n) is 21.8. The number of pyridine rings is 1. The quantitative estimate of drug-likeness (QED) is 0.347. The van der Waals surface area contributed by atoms with Crippen LogP contribution >= 0.6 is 0 Å². The maximum Gasteiger partial charge on any atom is 0.433 e. The van der Waals surface area contributed by atoms with Crippen LogP contribution in [-0.2, 0) is 13.2 Å². The molecule has 0 unspecified atom stereocenters. The monoisotopic (exact) mass is 502 g/mol. The van der Waals surface area contributed by atoms with Gasteiger partial charge in [0, 0.05) is 24.3 Å². The van der Waals surface area contributed by atoms with Crippen LogP contribution < -0.4 is 20.7 Å². The average molecular weight is 502 g/mol. The number of aromatic nitrogens is 6. The summed E-state index contributed by atoms with van der Waals surface area (Å²) in [6, 6.07) is 8.18. The van der Waals surface area contributed by atoms with Crippen LogP contribution in [0, 0.1) is 0 Å². The van der Waals surface area contributed by atoms with E-state index in [2.05, 4.69) is 35.7 Å². The number of halogens is 3. The van der Waals surface area contributed by atoms with Crippen LogP contribution in [0.5, 0.6) is 5.75 Å². The SMILES string of the molecule is [2H]C([2H])([2H])NC(=O)c1cnc(Nc2cccc(C(F)(F)F)n2)nc1Nc1cccc(-c2ncn(C)n2)c1OC. The van der Waals surface area contributed by atoms with Crippen molar-refractivity contribution < 1.29 is 26.8 Å². The van der Waals surface area contributed by atoms with Gasteiger partial charge in [0.15, 0.2) is 11.6 Å². The summed E-state index contributed by atoms with van der Waals surface area (Å²) in [5.74, 6) is -1.02. The Morgan fingerprint density at radius 3 is 2.61 bits per heavy atom. The van der Waals surface area contributed by atoms with Crippen molar-refractivity contribution in [3.63, 3.8) is 0 Å². The molecule has 14 heteroatoms. The molecule has 0 bridgehead atoms. The van der Waals surface area contributed by atoms with E-state index in [4.69, 9.17) is 8.85 Å². The number of hydrogen-bond acceptors (Lipinski definition) is 9. The van der Waals surface area contributed by atoms with E-state index in [0.717, 1.165) is 18.3 Å². The molecule has 0 aliphatic heterocycles. The summed E-state index contributed by atoms with van der Waals surface area (Å²) in [4.78, 5) is 28.6. The Labute approximate surface area is 207 Å². The number of carbonyl (C=O) groups excluding carboxylic acids is 1. The molecule has 0 saturated heterocycles. The number of para-hydroxylation sites is 1. The van der Waals surface area contributed by atoms with Gasteiger partial charge in [-0.3, -0.25) is 9.48 Å². The van der Waals surface area contributed by atoms with Gasteiger partial charge in [-0.25, -0.2) is 15.0 Å². The molecule has 0 saturated carbocycles. The number of hydrogen-bond donors (Lipinski definition) is 3. The van der Waals surface area contributed by atoms with E-state index in [-0.39, 0.29) is 28.9 Å². The van der Waals surface area contributed by atoms with Crippen LogP contribution in [0.3, 0.4) is 0 Å². The lowest BCUT2D eigenvalue weighted by Crippen LogP contribution is -2.20. The minimum Gasteiger partial charge on any atom is -0.494 e. The average Bonchev–Trinajstić information content (AvgIpc) is 3.28. The number of carbonyl (C=O) groups is 1. The van der Waals surface area contributed by atoms with Crippen molar-refractivity contribution in [1.29, 1.82) is 0 Å². The van der Waals surface area contributed by atoms with E-state index in [1.807, 2.05) is 5.32 Å². The van der Waals surface area contributed by atoms with Crippen LogP contribution in [0.25, 0.3) is 11.4 Å². The summed E-state index contributed by atoms with van der Waals surface area (Å²) >= 11 is 0. The van der Waals surface area contributed by atoms with Gasteiger partial charge in [-0.2, -0.15) is 23.3 Å². The number of ether oxygens (including phenoxy) is 1. The van der Waals surface area contributed by atoms with E-state index in [0.29, 0.717) is 17.1 Å². The Bertz CT molecular complexity index is 1510. The van der Waals surface area contributed by atoms with Gasteiger partial charge in [0.05, 0.1) is 18.4 Å². The number of nitrogens with zero attached hydrogens (tertiary/aromatic N) is 6. The molecule has 0 atom stereocenters. The summed E-state index contributed by atoms with van der Waals surface area (Å²) in [5.41, 5.74) is -0.606. The van der Waals surface area contributed by atoms with Crippen molar-refractivity contribution in [2.24, 2.45) is 7.05 Å². The minimum absolute atomic E-state index is 0.175. The van der Waals surface area contributed by atoms with E-state index in [1.54, 1.807) is 25.2 Å². The van der Waals surface area contributed by atoms with E-state index >= 15 is 0 Å². The van der Waals surface area contributed by atoms with Crippen LogP contribution in [0.15, 0.2) is 48.9 Å². The molecule has 1 aromatic carbocycles. The zero-order valence-corrected chi connectivity index (χ0v) is 18.8. The number of aryl methyl sites for hydroxylation is 1. The number of nitrogens with one attached hydrogen (secondary N) is 3. The van der Waals surface area contributed by atoms with Crippen LogP contribution in [0.4, 0.5) is 36.4 Å². The Morgan fingerprint density at radius 1 is 1.11 bits per heavy atom. The fraction of sp³-hybridized carbons (Fsp3) is 0.182. The van der Waals surface area contributed by atoms with E-state index < -0.39 is 24.8 Å². The molecule has 11 nitrogen and oxygen atoms in total. The first-order chi connectivity index (χ1) is 18.3. The van der Waals surface area contributed by atoms with E-state index in [1.165, 1.54) is 24.2 Å². The molecule has 0 aliphatic carbocycles. The maximum absolute atomic E-state index is 13.1. The van der Waals surface area contributed by atoms with Gasteiger partial charge < -0.3 is 20.7 Å². The topological polar surface area (TPSA) is 132 Å². The smallest absolute Gasteiger partial charge is 0.433 e. The van der Waals surface area contributed by atoms with Crippen molar-refractivity contribution >= 4 is 29.2 Å². The Kier molecular flexibility index (Phi) is 5.64. The highest BCUT2D eigenvalue weighted by Crippen LogP contribution is 2.37. The fourth-order valence-corrected chi connectivity index (χ4v) is 3.17. The Morgan fingerprint density at radius 2 is 1.92 bits per heavy atom. The van der Waals surface area contributed by atoms with Crippen LogP contribution in [0.2, 0.25) is 0 Å². The minimum atomic E-state index is -4.67. The second-order valence-corrected chi connectivity index (χ2v) is 7.19. The molecule has 3 heterocycles. The highest BCUT2D eigenvalue weighted by molar-refractivity contribution is 5.99. The molecule has 0 fully saturated rings. The molecule has 0 aliphatic rings. The number of methoxy groups -OCH3 is 1. The highest BCUT2D eigenvalue weighted by atomic mass is 19.4. The number of benzene rings is 1. The van der Waals surface area contributed by atoms with Crippen molar-refractivity contribution in [2.75, 3.05) is 24.7 Å². The first-order valence-corrected chi connectivity index (χ1v) is 10.1. The lowest BCUT2D eigenvalue weighted by Gasteiger charge is -2.16. The normalized spacial score (nSPS) is 12.8. The molecular formula is C22H20F3N9O2. The summed E-state index contributed by atoms with van der Waals surface area (Å²) < 4.78 is 68.3. The zero-order chi connectivity index (χ0) is 28.4. The third kappa shape index (κ3) is 5.16. The summed E-state index contributed by atoms with van der Waals surface area (Å²) in [7, 11) is 3.09. The fourth-order valence-electron chi connectivity index (χ4n) is 3.17. The molecule has 1 amide bonds. The van der Waals surface area contributed by atoms with Crippen molar-refractivity contribution in [1.82, 2.24) is 35.0 Å². The van der Waals surface area contributed by atoms with Gasteiger partial charge >= 0.3 is 6.18 Å². The first kappa shape index (κ1) is 20.6. The Balaban J connectivity index is 1.75. The van der Waals surface area contributed by atoms with Gasteiger partial charge in [0.1, 0.15) is 29.2 Å². The molecule has 4 aromatic rings. The molecule has 0 spiro atoms. The lowest BCUT2D eigenvalue weighted by atomic mass is 10.1. The third-order valence-corrected chi connectivity index (χ3v) is 4.74. The predicted octanol–water partition coefficient (Wildman–Crippen LogP) is 3.54. The standard InChI is InChI=1S/C22H20F3N9O2/c1-26-20(35)13-10-27-21(31-16-9-5-8-15(30-16)22(23,24)25)32-19(13)29-14-7-4-6-12(17(14)36-3)18-28-11-34(2)33-18/h4-11H,1-3H3,(H,26,35)(H2,27,29,30,31,32)/i1D3. The maximum atomic E-state index is 13.1. The highest BCUT2D eigenvalue weighted by Gasteiger charge is 2.32. The van der Waals surface area contributed by atoms with Gasteiger partial charge in [0.2, 0.25) is 5.95 Å². The van der Waals surface area contributed by atoms with Crippen molar-refractivity contribution in [3.8, 4) is 17.1 Å². The molecule has 3 aromatic heterocycles. The van der Waals surface area contributed by atoms with Crippen molar-refractivity contribution in [2.45, 2.75) is 6.18 Å². The molecule has 36 heavy (non-hydrogen) atoms. The third-order valence-electron chi connectivity index (χ3n) is 4.74. The second kappa shape index (κ2) is 9.85. The van der Waals surface area contributed by atoms with Gasteiger partial charge in [-0.1, -0.05) is 12.1 Å². The summed E-state index contributed by atoms with van der Waals surface area (Å²) in [5, 5.41) is 11.6. The second-order valence-electron chi connectivity index (χ2n) is 7.19. The van der Waals surface area contributed by atoms with Gasteiger partial charge in [-0.05, 0) is 24.3 Å². The Hall–Kier alpha value is -4.75. The lowest BCUT2D eigenvalue weighted by molar-refractivity contribution is -0.141. The van der Waals surface area contributed by atoms with Crippen LogP contribution in [0.1, 0.15) is 20.2 Å². The largest absolute Gasteiger partial charge is 0.494 e.